The van der Waals surface area contributed by atoms with Crippen LogP contribution in [0.2, 0.25) is 0 Å². The number of pyridine rings is 2. The number of hydrogen-bond donors (Lipinski definition) is 2. The first-order valence-electron chi connectivity index (χ1n) is 11.3. The third-order valence-corrected chi connectivity index (χ3v) is 6.36. The Morgan fingerprint density at radius 3 is 2.46 bits per heavy atom. The lowest BCUT2D eigenvalue weighted by atomic mass is 10.1. The van der Waals surface area contributed by atoms with Gasteiger partial charge in [-0.05, 0) is 43.0 Å². The Kier molecular flexibility index (Phi) is 5.97. The lowest BCUT2D eigenvalue weighted by Gasteiger charge is -2.22. The molecule has 1 saturated heterocycles. The molecule has 2 atom stereocenters. The van der Waals surface area contributed by atoms with E-state index in [-0.39, 0.29) is 48.3 Å². The standard InChI is InChI=1S/C24H19F5N4O4/c25-12-3-5-17(16(26)7-12)32-10-15(23(37)31-21(11-1-2-11)24(27,28)29)20(36)14-4-6-18(30-22(14)32)33-9-13(34)8-19(33)35/h3-7,10-11,13,21,34H,1-2,8-9H2,(H,31,37)/t13-,21-/m0/s1. The van der Waals surface area contributed by atoms with Gasteiger partial charge in [-0.1, -0.05) is 0 Å². The number of carbonyl (C=O) groups excluding carboxylic acids is 2. The number of rotatable bonds is 5. The summed E-state index contributed by atoms with van der Waals surface area (Å²) in [6.45, 7) is -0.0764. The van der Waals surface area contributed by atoms with Crippen LogP contribution in [0.4, 0.5) is 27.8 Å². The summed E-state index contributed by atoms with van der Waals surface area (Å²) in [7, 11) is 0. The highest BCUT2D eigenvalue weighted by Crippen LogP contribution is 2.40. The van der Waals surface area contributed by atoms with Gasteiger partial charge < -0.3 is 10.4 Å². The molecule has 2 amide bonds. The topological polar surface area (TPSA) is 105 Å². The number of halogens is 5. The number of nitrogens with zero attached hydrogens (tertiary/aromatic N) is 3. The van der Waals surface area contributed by atoms with Crippen molar-refractivity contribution in [1.82, 2.24) is 14.9 Å². The summed E-state index contributed by atoms with van der Waals surface area (Å²) in [5.41, 5.74) is -2.23. The van der Waals surface area contributed by atoms with Crippen LogP contribution >= 0.6 is 0 Å². The molecule has 37 heavy (non-hydrogen) atoms. The number of fused-ring (bicyclic) bond motifs is 1. The fourth-order valence-electron chi connectivity index (χ4n) is 4.39. The number of aromatic nitrogens is 2. The van der Waals surface area contributed by atoms with Gasteiger partial charge in [0.05, 0.1) is 30.1 Å². The van der Waals surface area contributed by atoms with Crippen molar-refractivity contribution in [2.45, 2.75) is 37.6 Å². The Morgan fingerprint density at radius 2 is 1.86 bits per heavy atom. The third-order valence-electron chi connectivity index (χ3n) is 6.36. The number of aliphatic hydroxyl groups excluding tert-OH is 1. The summed E-state index contributed by atoms with van der Waals surface area (Å²) in [6.07, 6.45) is -4.46. The molecule has 5 rings (SSSR count). The van der Waals surface area contributed by atoms with Crippen LogP contribution in [0.15, 0.2) is 41.3 Å². The molecule has 1 saturated carbocycles. The number of amides is 2. The molecule has 0 unspecified atom stereocenters. The molecule has 2 fully saturated rings. The largest absolute Gasteiger partial charge is 0.408 e. The van der Waals surface area contributed by atoms with Crippen molar-refractivity contribution < 1.29 is 36.6 Å². The van der Waals surface area contributed by atoms with E-state index >= 15 is 0 Å². The number of hydrogen-bond acceptors (Lipinski definition) is 5. The summed E-state index contributed by atoms with van der Waals surface area (Å²) in [5, 5.41) is 11.4. The van der Waals surface area contributed by atoms with E-state index in [4.69, 9.17) is 0 Å². The molecule has 0 radical (unpaired) electrons. The lowest BCUT2D eigenvalue weighted by molar-refractivity contribution is -0.158. The predicted octanol–water partition coefficient (Wildman–Crippen LogP) is 2.83. The monoisotopic (exact) mass is 522 g/mol. The van der Waals surface area contributed by atoms with Gasteiger partial charge in [0.25, 0.3) is 5.91 Å². The maximum absolute atomic E-state index is 14.8. The maximum atomic E-state index is 14.8. The van der Waals surface area contributed by atoms with Crippen molar-refractivity contribution in [1.29, 1.82) is 0 Å². The van der Waals surface area contributed by atoms with Gasteiger partial charge in [0.15, 0.2) is 5.65 Å². The number of alkyl halides is 3. The van der Waals surface area contributed by atoms with Gasteiger partial charge in [-0.3, -0.25) is 23.9 Å². The second-order valence-electron chi connectivity index (χ2n) is 9.07. The first-order chi connectivity index (χ1) is 17.4. The van der Waals surface area contributed by atoms with Gasteiger partial charge >= 0.3 is 6.18 Å². The molecule has 8 nitrogen and oxygen atoms in total. The molecule has 194 valence electrons. The molecular weight excluding hydrogens is 503 g/mol. The number of β-amino-alcohol motifs (C(OH)–C–C–N with tert-alkyl or cyclic N) is 1. The molecule has 3 heterocycles. The average molecular weight is 522 g/mol. The van der Waals surface area contributed by atoms with Crippen LogP contribution in [-0.4, -0.2) is 51.3 Å². The normalized spacial score (nSPS) is 18.9. The maximum Gasteiger partial charge on any atom is 0.408 e. The summed E-state index contributed by atoms with van der Waals surface area (Å²) in [6, 6.07) is 2.80. The minimum Gasteiger partial charge on any atom is -0.391 e. The van der Waals surface area contributed by atoms with Gasteiger partial charge in [-0.2, -0.15) is 13.2 Å². The first kappa shape index (κ1) is 24.8. The highest BCUT2D eigenvalue weighted by Gasteiger charge is 2.50. The van der Waals surface area contributed by atoms with Gasteiger partial charge in [-0.15, -0.1) is 0 Å². The molecule has 1 aromatic carbocycles. The predicted molar refractivity (Wildman–Crippen MR) is 120 cm³/mol. The lowest BCUT2D eigenvalue weighted by Crippen LogP contribution is -2.48. The van der Waals surface area contributed by atoms with E-state index in [2.05, 4.69) is 4.98 Å². The average Bonchev–Trinajstić information content (AvgIpc) is 3.60. The van der Waals surface area contributed by atoms with Gasteiger partial charge in [0.1, 0.15) is 29.1 Å². The van der Waals surface area contributed by atoms with Gasteiger partial charge in [0.2, 0.25) is 11.3 Å². The van der Waals surface area contributed by atoms with Gasteiger partial charge in [-0.25, -0.2) is 13.8 Å². The van der Waals surface area contributed by atoms with Gasteiger partial charge in [0, 0.05) is 12.3 Å². The smallest absolute Gasteiger partial charge is 0.391 e. The van der Waals surface area contributed by atoms with Crippen molar-refractivity contribution in [2.75, 3.05) is 11.4 Å². The van der Waals surface area contributed by atoms with E-state index in [0.717, 1.165) is 27.8 Å². The Balaban J connectivity index is 1.67. The van der Waals surface area contributed by atoms with Crippen LogP contribution < -0.4 is 15.6 Å². The molecule has 0 bridgehead atoms. The van der Waals surface area contributed by atoms with Crippen LogP contribution in [0.3, 0.4) is 0 Å². The number of aliphatic hydroxyl groups is 1. The number of nitrogens with one attached hydrogen (secondary N) is 1. The molecule has 1 aliphatic carbocycles. The second-order valence-corrected chi connectivity index (χ2v) is 9.07. The van der Waals surface area contributed by atoms with E-state index in [1.807, 2.05) is 5.32 Å². The molecule has 2 N–H and O–H groups in total. The van der Waals surface area contributed by atoms with Crippen LogP contribution in [-0.2, 0) is 4.79 Å². The molecule has 1 aliphatic heterocycles. The van der Waals surface area contributed by atoms with Crippen LogP contribution in [0.5, 0.6) is 0 Å². The van der Waals surface area contributed by atoms with Crippen LogP contribution in [0.1, 0.15) is 29.6 Å². The van der Waals surface area contributed by atoms with E-state index in [9.17, 15) is 41.4 Å². The fraction of sp³-hybridized carbons (Fsp3) is 0.333. The summed E-state index contributed by atoms with van der Waals surface area (Å²) < 4.78 is 69.8. The van der Waals surface area contributed by atoms with Crippen LogP contribution in [0, 0.1) is 17.6 Å². The van der Waals surface area contributed by atoms with Crippen LogP contribution in [0.25, 0.3) is 16.7 Å². The highest BCUT2D eigenvalue weighted by molar-refractivity contribution is 5.99. The van der Waals surface area contributed by atoms with Crippen molar-refractivity contribution >= 4 is 28.7 Å². The zero-order chi connectivity index (χ0) is 26.6. The Hall–Kier alpha value is -3.87. The fourth-order valence-corrected chi connectivity index (χ4v) is 4.39. The third kappa shape index (κ3) is 4.66. The first-order valence-corrected chi connectivity index (χ1v) is 11.3. The highest BCUT2D eigenvalue weighted by atomic mass is 19.4. The van der Waals surface area contributed by atoms with E-state index in [1.54, 1.807) is 0 Å². The SMILES string of the molecule is O=C(N[C@@H](C1CC1)C(F)(F)F)c1cn(-c2ccc(F)cc2F)c2nc(N3C[C@@H](O)CC3=O)ccc2c1=O. The second kappa shape index (κ2) is 8.91. The summed E-state index contributed by atoms with van der Waals surface area (Å²) in [4.78, 5) is 43.7. The minimum absolute atomic E-state index is 0.0211. The van der Waals surface area contributed by atoms with E-state index < -0.39 is 58.7 Å². The van der Waals surface area contributed by atoms with E-state index in [0.29, 0.717) is 6.07 Å². The molecule has 0 spiro atoms. The Labute approximate surface area is 205 Å². The number of carbonyl (C=O) groups is 2. The molecule has 13 heteroatoms. The van der Waals surface area contributed by atoms with Crippen molar-refractivity contribution in [3.8, 4) is 5.69 Å². The minimum atomic E-state index is -4.74. The molecule has 2 aliphatic rings. The van der Waals surface area contributed by atoms with Crippen molar-refractivity contribution in [3.05, 3.63) is 63.9 Å². The molecule has 2 aromatic heterocycles. The molecular formula is C24H19F5N4O4. The zero-order valence-electron chi connectivity index (χ0n) is 18.9. The molecule has 3 aromatic rings. The quantitative estimate of drug-likeness (QED) is 0.502. The number of benzene rings is 1. The Morgan fingerprint density at radius 1 is 1.14 bits per heavy atom. The van der Waals surface area contributed by atoms with Crippen molar-refractivity contribution in [3.63, 3.8) is 0 Å². The van der Waals surface area contributed by atoms with Crippen molar-refractivity contribution in [2.24, 2.45) is 5.92 Å². The Bertz CT molecular complexity index is 1480. The summed E-state index contributed by atoms with van der Waals surface area (Å²) >= 11 is 0. The van der Waals surface area contributed by atoms with E-state index in [1.165, 1.54) is 12.1 Å². The number of anilines is 1. The zero-order valence-corrected chi connectivity index (χ0v) is 18.9. The summed E-state index contributed by atoms with van der Waals surface area (Å²) in [5.74, 6) is -4.55.